The minimum atomic E-state index is -4.54. The van der Waals surface area contributed by atoms with Gasteiger partial charge >= 0.3 is 6.18 Å². The number of rotatable bonds is 7. The summed E-state index contributed by atoms with van der Waals surface area (Å²) in [5, 5.41) is 8.47. The van der Waals surface area contributed by atoms with Crippen molar-refractivity contribution in [2.24, 2.45) is 0 Å². The molecular weight excluding hydrogens is 413 g/mol. The highest BCUT2D eigenvalue weighted by Gasteiger charge is 2.31. The lowest BCUT2D eigenvalue weighted by molar-refractivity contribution is -0.137. The molecule has 1 aromatic carbocycles. The van der Waals surface area contributed by atoms with E-state index in [4.69, 9.17) is 9.47 Å². The summed E-state index contributed by atoms with van der Waals surface area (Å²) in [6.45, 7) is 0.383. The van der Waals surface area contributed by atoms with Gasteiger partial charge in [0.2, 0.25) is 0 Å². The van der Waals surface area contributed by atoms with Crippen molar-refractivity contribution in [3.05, 3.63) is 51.7 Å². The van der Waals surface area contributed by atoms with Crippen molar-refractivity contribution < 1.29 is 27.4 Å². The van der Waals surface area contributed by atoms with E-state index in [0.717, 1.165) is 17.7 Å². The Kier molecular flexibility index (Phi) is 6.32. The zero-order chi connectivity index (χ0) is 20.1. The first-order valence-electron chi connectivity index (χ1n) is 8.01. The second kappa shape index (κ2) is 8.72. The molecule has 3 aromatic rings. The zero-order valence-electron chi connectivity index (χ0n) is 14.6. The summed E-state index contributed by atoms with van der Waals surface area (Å²) >= 11 is 2.78. The highest BCUT2D eigenvalue weighted by Crippen LogP contribution is 2.35. The summed E-state index contributed by atoms with van der Waals surface area (Å²) < 4.78 is 49.4. The van der Waals surface area contributed by atoms with Crippen molar-refractivity contribution in [3.8, 4) is 16.3 Å². The first kappa shape index (κ1) is 20.3. The van der Waals surface area contributed by atoms with Crippen molar-refractivity contribution >= 4 is 34.3 Å². The average molecular weight is 428 g/mol. The minimum absolute atomic E-state index is 0.0824. The van der Waals surface area contributed by atoms with E-state index in [1.54, 1.807) is 5.38 Å². The predicted octanol–water partition coefficient (Wildman–Crippen LogP) is 5.17. The molecule has 3 rings (SSSR count). The summed E-state index contributed by atoms with van der Waals surface area (Å²) in [6.07, 6.45) is -4.54. The van der Waals surface area contributed by atoms with Crippen molar-refractivity contribution in [1.29, 1.82) is 0 Å². The number of thiazole rings is 1. The fourth-order valence-electron chi connectivity index (χ4n) is 2.25. The monoisotopic (exact) mass is 428 g/mol. The first-order valence-corrected chi connectivity index (χ1v) is 9.83. The van der Waals surface area contributed by atoms with Gasteiger partial charge in [-0.05, 0) is 29.6 Å². The number of methoxy groups -OCH3 is 1. The molecule has 0 aliphatic carbocycles. The van der Waals surface area contributed by atoms with Crippen LogP contribution in [0.5, 0.6) is 5.75 Å². The highest BCUT2D eigenvalue weighted by atomic mass is 32.1. The molecule has 0 saturated heterocycles. The van der Waals surface area contributed by atoms with Crippen molar-refractivity contribution in [3.63, 3.8) is 0 Å². The number of benzene rings is 1. The van der Waals surface area contributed by atoms with Crippen LogP contribution < -0.4 is 10.1 Å². The number of thiophene rings is 1. The molecule has 2 aromatic heterocycles. The van der Waals surface area contributed by atoms with Crippen LogP contribution >= 0.6 is 22.7 Å². The van der Waals surface area contributed by atoms with Gasteiger partial charge in [-0.15, -0.1) is 11.3 Å². The third-order valence-electron chi connectivity index (χ3n) is 3.61. The number of nitrogens with one attached hydrogen (secondary N) is 1. The Morgan fingerprint density at radius 3 is 2.71 bits per heavy atom. The maximum atomic E-state index is 13.0. The van der Waals surface area contributed by atoms with Gasteiger partial charge in [-0.2, -0.15) is 24.5 Å². The maximum Gasteiger partial charge on any atom is 0.416 e. The molecular formula is C18H15F3N2O3S2. The third-order valence-corrected chi connectivity index (χ3v) is 5.18. The van der Waals surface area contributed by atoms with Crippen molar-refractivity contribution in [1.82, 2.24) is 4.98 Å². The number of amides is 1. The lowest BCUT2D eigenvalue weighted by atomic mass is 10.1. The van der Waals surface area contributed by atoms with E-state index in [0.29, 0.717) is 5.01 Å². The molecule has 10 heteroatoms. The topological polar surface area (TPSA) is 60.5 Å². The van der Waals surface area contributed by atoms with Gasteiger partial charge in [-0.3, -0.25) is 4.79 Å². The molecule has 0 aliphatic heterocycles. The van der Waals surface area contributed by atoms with Crippen LogP contribution in [-0.4, -0.2) is 31.2 Å². The molecule has 0 spiro atoms. The summed E-state index contributed by atoms with van der Waals surface area (Å²) in [6, 6.07) is 4.78. The van der Waals surface area contributed by atoms with Crippen LogP contribution in [0.15, 0.2) is 40.4 Å². The predicted molar refractivity (Wildman–Crippen MR) is 102 cm³/mol. The fraction of sp³-hybridized carbons (Fsp3) is 0.222. The summed E-state index contributed by atoms with van der Waals surface area (Å²) in [4.78, 5) is 16.8. The fourth-order valence-corrected chi connectivity index (χ4v) is 3.76. The Labute approximate surface area is 166 Å². The Balaban J connectivity index is 1.83. The molecule has 0 saturated carbocycles. The van der Waals surface area contributed by atoms with E-state index in [2.05, 4.69) is 10.3 Å². The number of hydrogen-bond donors (Lipinski definition) is 1. The number of aromatic nitrogens is 1. The smallest absolute Gasteiger partial charge is 0.416 e. The molecule has 0 radical (unpaired) electrons. The number of nitrogens with zero attached hydrogens (tertiary/aromatic N) is 1. The number of carbonyl (C=O) groups excluding carboxylic acids is 1. The molecule has 0 fully saturated rings. The summed E-state index contributed by atoms with van der Waals surface area (Å²) in [5.41, 5.74) is 0.0308. The van der Waals surface area contributed by atoms with E-state index >= 15 is 0 Å². The van der Waals surface area contributed by atoms with E-state index in [9.17, 15) is 18.0 Å². The standard InChI is InChI=1S/C18H15F3N2O3S2/c1-25-5-6-26-15-3-2-12(18(19,20)21)8-13(15)22-16(24)14-10-28-17(23-14)11-4-7-27-9-11/h2-4,7-10H,5-6H2,1H3,(H,22,24). The molecule has 148 valence electrons. The molecule has 0 atom stereocenters. The van der Waals surface area contributed by atoms with E-state index in [-0.39, 0.29) is 30.3 Å². The van der Waals surface area contributed by atoms with Gasteiger partial charge in [0.05, 0.1) is 17.9 Å². The van der Waals surface area contributed by atoms with Crippen LogP contribution in [0, 0.1) is 0 Å². The Morgan fingerprint density at radius 1 is 1.21 bits per heavy atom. The zero-order valence-corrected chi connectivity index (χ0v) is 16.2. The van der Waals surface area contributed by atoms with Crippen LogP contribution in [0.3, 0.4) is 0 Å². The third kappa shape index (κ3) is 4.89. The number of ether oxygens (including phenoxy) is 2. The van der Waals surface area contributed by atoms with E-state index in [1.165, 1.54) is 35.8 Å². The SMILES string of the molecule is COCCOc1ccc(C(F)(F)F)cc1NC(=O)c1csc(-c2ccsc2)n1. The minimum Gasteiger partial charge on any atom is -0.489 e. The van der Waals surface area contributed by atoms with Gasteiger partial charge in [0.1, 0.15) is 23.1 Å². The lowest BCUT2D eigenvalue weighted by Crippen LogP contribution is -2.15. The Morgan fingerprint density at radius 2 is 2.04 bits per heavy atom. The second-order valence-corrected chi connectivity index (χ2v) is 7.19. The summed E-state index contributed by atoms with van der Waals surface area (Å²) in [5.74, 6) is -0.500. The second-order valence-electron chi connectivity index (χ2n) is 5.55. The van der Waals surface area contributed by atoms with Crippen LogP contribution in [0.2, 0.25) is 0 Å². The van der Waals surface area contributed by atoms with Crippen LogP contribution in [0.4, 0.5) is 18.9 Å². The van der Waals surface area contributed by atoms with E-state index in [1.807, 2.05) is 16.8 Å². The van der Waals surface area contributed by atoms with E-state index < -0.39 is 17.6 Å². The molecule has 0 bridgehead atoms. The van der Waals surface area contributed by atoms with Crippen LogP contribution in [0.25, 0.3) is 10.6 Å². The molecule has 28 heavy (non-hydrogen) atoms. The lowest BCUT2D eigenvalue weighted by Gasteiger charge is -2.15. The molecule has 0 aliphatic rings. The number of hydrogen-bond acceptors (Lipinski definition) is 6. The van der Waals surface area contributed by atoms with Crippen LogP contribution in [-0.2, 0) is 10.9 Å². The number of anilines is 1. The quantitative estimate of drug-likeness (QED) is 0.528. The Hall–Kier alpha value is -2.43. The van der Waals surface area contributed by atoms with Gasteiger partial charge in [-0.25, -0.2) is 4.98 Å². The number of halogens is 3. The molecule has 5 nitrogen and oxygen atoms in total. The highest BCUT2D eigenvalue weighted by molar-refractivity contribution is 7.14. The molecule has 1 N–H and O–H groups in total. The largest absolute Gasteiger partial charge is 0.489 e. The van der Waals surface area contributed by atoms with Gasteiger partial charge in [0.15, 0.2) is 0 Å². The average Bonchev–Trinajstić information content (AvgIpc) is 3.33. The van der Waals surface area contributed by atoms with Gasteiger partial charge in [0.25, 0.3) is 5.91 Å². The van der Waals surface area contributed by atoms with Gasteiger partial charge in [-0.1, -0.05) is 0 Å². The molecule has 0 unspecified atom stereocenters. The van der Waals surface area contributed by atoms with Gasteiger partial charge < -0.3 is 14.8 Å². The van der Waals surface area contributed by atoms with Crippen molar-refractivity contribution in [2.45, 2.75) is 6.18 Å². The van der Waals surface area contributed by atoms with Gasteiger partial charge in [0, 0.05) is 23.4 Å². The van der Waals surface area contributed by atoms with Crippen LogP contribution in [0.1, 0.15) is 16.1 Å². The Bertz CT molecular complexity index is 940. The number of carbonyl (C=O) groups is 1. The summed E-state index contributed by atoms with van der Waals surface area (Å²) in [7, 11) is 1.48. The van der Waals surface area contributed by atoms with Crippen molar-refractivity contribution in [2.75, 3.05) is 25.6 Å². The molecule has 1 amide bonds. The maximum absolute atomic E-state index is 13.0. The normalized spacial score (nSPS) is 11.4. The first-order chi connectivity index (χ1) is 13.4. The molecule has 2 heterocycles. The number of alkyl halides is 3.